The molecule has 140 valence electrons. The van der Waals surface area contributed by atoms with Crippen LogP contribution in [0.5, 0.6) is 0 Å². The molecule has 0 aliphatic carbocycles. The van der Waals surface area contributed by atoms with Crippen molar-refractivity contribution < 1.29 is 13.9 Å². The molecule has 0 radical (unpaired) electrons. The minimum atomic E-state index is -0.542. The lowest BCUT2D eigenvalue weighted by atomic mass is 10.1. The molecule has 0 unspecified atom stereocenters. The summed E-state index contributed by atoms with van der Waals surface area (Å²) < 4.78 is 18.9. The van der Waals surface area contributed by atoms with Crippen molar-refractivity contribution >= 4 is 38.7 Å². The molecule has 2 aromatic heterocycles. The first-order valence-electron chi connectivity index (χ1n) is 8.31. The quantitative estimate of drug-likeness (QED) is 0.448. The highest BCUT2D eigenvalue weighted by molar-refractivity contribution is 9.10. The molecule has 0 bridgehead atoms. The van der Waals surface area contributed by atoms with Crippen molar-refractivity contribution in [1.82, 2.24) is 15.2 Å². The van der Waals surface area contributed by atoms with Gasteiger partial charge in [0.05, 0.1) is 23.0 Å². The number of pyridine rings is 1. The average Bonchev–Trinajstić information content (AvgIpc) is 3.13. The van der Waals surface area contributed by atoms with Gasteiger partial charge in [-0.2, -0.15) is 5.10 Å². The fraction of sp³-hybridized carbons (Fsp3) is 0.0500. The van der Waals surface area contributed by atoms with Crippen LogP contribution in [0.2, 0.25) is 0 Å². The van der Waals surface area contributed by atoms with Crippen LogP contribution in [0.25, 0.3) is 33.5 Å². The Hall–Kier alpha value is -3.26. The number of ether oxygens (including phenoxy) is 1. The van der Waals surface area contributed by atoms with E-state index in [1.807, 2.05) is 24.3 Å². The van der Waals surface area contributed by atoms with Crippen molar-refractivity contribution in [3.05, 3.63) is 64.9 Å². The number of carbonyl (C=O) groups is 1. The molecule has 0 spiro atoms. The molecule has 0 saturated heterocycles. The van der Waals surface area contributed by atoms with Gasteiger partial charge in [-0.15, -0.1) is 0 Å². The monoisotopic (exact) mass is 440 g/mol. The Balaban J connectivity index is 1.71. The Morgan fingerprint density at radius 3 is 2.79 bits per heavy atom. The maximum Gasteiger partial charge on any atom is 0.411 e. The highest BCUT2D eigenvalue weighted by Gasteiger charge is 2.12. The van der Waals surface area contributed by atoms with Gasteiger partial charge in [0.15, 0.2) is 5.65 Å². The second kappa shape index (κ2) is 7.40. The van der Waals surface area contributed by atoms with Crippen LogP contribution in [0, 0.1) is 5.82 Å². The van der Waals surface area contributed by atoms with Crippen LogP contribution in [-0.2, 0) is 4.74 Å². The largest absolute Gasteiger partial charge is 0.453 e. The Kier molecular flexibility index (Phi) is 4.79. The van der Waals surface area contributed by atoms with Gasteiger partial charge >= 0.3 is 6.09 Å². The lowest BCUT2D eigenvalue weighted by Crippen LogP contribution is -2.10. The van der Waals surface area contributed by atoms with Crippen molar-refractivity contribution in [2.24, 2.45) is 0 Å². The van der Waals surface area contributed by atoms with Crippen molar-refractivity contribution in [3.8, 4) is 22.5 Å². The van der Waals surface area contributed by atoms with Crippen LogP contribution in [0.4, 0.5) is 14.9 Å². The lowest BCUT2D eigenvalue weighted by molar-refractivity contribution is 0.187. The number of rotatable bonds is 3. The number of hydrogen-bond donors (Lipinski definition) is 2. The van der Waals surface area contributed by atoms with Crippen LogP contribution in [0.1, 0.15) is 0 Å². The van der Waals surface area contributed by atoms with Gasteiger partial charge < -0.3 is 4.74 Å². The summed E-state index contributed by atoms with van der Waals surface area (Å²) in [6, 6.07) is 15.9. The summed E-state index contributed by atoms with van der Waals surface area (Å²) in [4.78, 5) is 16.0. The Morgan fingerprint density at radius 1 is 1.14 bits per heavy atom. The zero-order valence-electron chi connectivity index (χ0n) is 14.7. The van der Waals surface area contributed by atoms with Crippen LogP contribution >= 0.6 is 15.9 Å². The summed E-state index contributed by atoms with van der Waals surface area (Å²) in [7, 11) is 1.31. The molecule has 28 heavy (non-hydrogen) atoms. The Morgan fingerprint density at radius 2 is 2.00 bits per heavy atom. The predicted octanol–water partition coefficient (Wildman–Crippen LogP) is 5.37. The number of hydrogen-bond acceptors (Lipinski definition) is 4. The van der Waals surface area contributed by atoms with E-state index in [0.717, 1.165) is 10.9 Å². The fourth-order valence-corrected chi connectivity index (χ4v) is 3.10. The number of benzene rings is 2. The number of aromatic amines is 1. The van der Waals surface area contributed by atoms with Crippen molar-refractivity contribution in [2.75, 3.05) is 12.4 Å². The van der Waals surface area contributed by atoms with E-state index in [1.165, 1.54) is 13.2 Å². The molecular weight excluding hydrogens is 427 g/mol. The third kappa shape index (κ3) is 3.46. The molecule has 2 N–H and O–H groups in total. The molecule has 6 nitrogen and oxygen atoms in total. The molecule has 0 aliphatic rings. The Bertz CT molecular complexity index is 1190. The number of methoxy groups -OCH3 is 1. The molecule has 4 aromatic rings. The normalized spacial score (nSPS) is 10.8. The first-order chi connectivity index (χ1) is 13.5. The first-order valence-corrected chi connectivity index (χ1v) is 9.10. The molecule has 0 aliphatic heterocycles. The summed E-state index contributed by atoms with van der Waals surface area (Å²) >= 11 is 3.16. The van der Waals surface area contributed by atoms with Crippen LogP contribution in [-0.4, -0.2) is 28.4 Å². The van der Waals surface area contributed by atoms with Gasteiger partial charge in [0, 0.05) is 22.2 Å². The molecule has 2 heterocycles. The molecule has 4 rings (SSSR count). The van der Waals surface area contributed by atoms with Crippen molar-refractivity contribution in [3.63, 3.8) is 0 Å². The highest BCUT2D eigenvalue weighted by atomic mass is 79.9. The van der Waals surface area contributed by atoms with E-state index in [-0.39, 0.29) is 5.82 Å². The van der Waals surface area contributed by atoms with E-state index < -0.39 is 6.09 Å². The zero-order valence-corrected chi connectivity index (χ0v) is 16.2. The van der Waals surface area contributed by atoms with E-state index in [9.17, 15) is 9.18 Å². The van der Waals surface area contributed by atoms with E-state index >= 15 is 0 Å². The second-order valence-corrected chi connectivity index (χ2v) is 6.85. The SMILES string of the molecule is COC(=O)Nc1cccc(-c2ccc3c(-c4ccc(Br)c(F)c4)[nH]nc3n2)c1. The molecular formula is C20H14BrFN4O2. The molecule has 0 atom stereocenters. The number of nitrogens with zero attached hydrogens (tertiary/aromatic N) is 2. The van der Waals surface area contributed by atoms with Crippen LogP contribution in [0.3, 0.4) is 0 Å². The number of carbonyl (C=O) groups excluding carboxylic acids is 1. The van der Waals surface area contributed by atoms with E-state index in [1.54, 1.807) is 24.3 Å². The number of anilines is 1. The molecule has 1 amide bonds. The molecule has 2 aromatic carbocycles. The lowest BCUT2D eigenvalue weighted by Gasteiger charge is -2.06. The summed E-state index contributed by atoms with van der Waals surface area (Å²) in [6.07, 6.45) is -0.542. The predicted molar refractivity (Wildman–Crippen MR) is 108 cm³/mol. The topological polar surface area (TPSA) is 79.9 Å². The van der Waals surface area contributed by atoms with Crippen molar-refractivity contribution in [1.29, 1.82) is 0 Å². The summed E-state index contributed by atoms with van der Waals surface area (Å²) in [5.74, 6) is -0.347. The summed E-state index contributed by atoms with van der Waals surface area (Å²) in [5, 5.41) is 10.6. The molecule has 8 heteroatoms. The minimum Gasteiger partial charge on any atom is -0.453 e. The minimum absolute atomic E-state index is 0.347. The van der Waals surface area contributed by atoms with E-state index in [0.29, 0.717) is 32.8 Å². The first kappa shape index (κ1) is 18.1. The van der Waals surface area contributed by atoms with Gasteiger partial charge in [0.25, 0.3) is 0 Å². The summed E-state index contributed by atoms with van der Waals surface area (Å²) in [5.41, 5.74) is 4.00. The second-order valence-electron chi connectivity index (χ2n) is 5.99. The standard InChI is InChI=1S/C20H14BrFN4O2/c1-28-20(27)23-13-4-2-3-11(9-13)17-8-6-14-18(25-26-19(14)24-17)12-5-7-15(21)16(22)10-12/h2-10H,1H3,(H,23,27)(H,24,25,26). The zero-order chi connectivity index (χ0) is 19.7. The number of amides is 1. The van der Waals surface area contributed by atoms with Crippen LogP contribution in [0.15, 0.2) is 59.1 Å². The fourth-order valence-electron chi connectivity index (χ4n) is 2.86. The van der Waals surface area contributed by atoms with Gasteiger partial charge in [-0.05, 0) is 52.3 Å². The maximum absolute atomic E-state index is 13.9. The van der Waals surface area contributed by atoms with Crippen LogP contribution < -0.4 is 5.32 Å². The molecule has 0 fully saturated rings. The highest BCUT2D eigenvalue weighted by Crippen LogP contribution is 2.30. The van der Waals surface area contributed by atoms with E-state index in [2.05, 4.69) is 41.2 Å². The smallest absolute Gasteiger partial charge is 0.411 e. The van der Waals surface area contributed by atoms with Gasteiger partial charge in [0.1, 0.15) is 5.82 Å². The number of fused-ring (bicyclic) bond motifs is 1. The van der Waals surface area contributed by atoms with Gasteiger partial charge in [-0.3, -0.25) is 10.4 Å². The number of nitrogens with one attached hydrogen (secondary N) is 2. The number of halogens is 2. The molecule has 0 saturated carbocycles. The third-order valence-corrected chi connectivity index (χ3v) is 4.86. The average molecular weight is 441 g/mol. The number of H-pyrrole nitrogens is 1. The van der Waals surface area contributed by atoms with E-state index in [4.69, 9.17) is 0 Å². The van der Waals surface area contributed by atoms with Crippen molar-refractivity contribution in [2.45, 2.75) is 0 Å². The Labute approximate surface area is 167 Å². The summed E-state index contributed by atoms with van der Waals surface area (Å²) in [6.45, 7) is 0. The van der Waals surface area contributed by atoms with Gasteiger partial charge in [-0.1, -0.05) is 18.2 Å². The van der Waals surface area contributed by atoms with Gasteiger partial charge in [0.2, 0.25) is 0 Å². The third-order valence-electron chi connectivity index (χ3n) is 4.22. The number of aromatic nitrogens is 3. The maximum atomic E-state index is 13.9. The van der Waals surface area contributed by atoms with Gasteiger partial charge in [-0.25, -0.2) is 14.2 Å².